The van der Waals surface area contributed by atoms with Crippen LogP contribution in [0.1, 0.15) is 25.8 Å². The van der Waals surface area contributed by atoms with Gasteiger partial charge in [-0.25, -0.2) is 8.42 Å². The molecule has 1 unspecified atom stereocenters. The van der Waals surface area contributed by atoms with Gasteiger partial charge in [-0.05, 0) is 43.2 Å². The van der Waals surface area contributed by atoms with Gasteiger partial charge in [-0.2, -0.15) is 0 Å². The molecule has 2 rings (SSSR count). The molecule has 0 heterocycles. The molecule has 0 fully saturated rings. The highest BCUT2D eigenvalue weighted by atomic mass is 35.5. The quantitative estimate of drug-likeness (QED) is 0.517. The van der Waals surface area contributed by atoms with Gasteiger partial charge in [-0.15, -0.1) is 0 Å². The summed E-state index contributed by atoms with van der Waals surface area (Å²) >= 11 is 6.21. The number of hydrogen-bond donors (Lipinski definition) is 1. The third-order valence-electron chi connectivity index (χ3n) is 5.03. The first-order valence-electron chi connectivity index (χ1n) is 10.5. The van der Waals surface area contributed by atoms with Crippen molar-refractivity contribution in [3.63, 3.8) is 0 Å². The number of para-hydroxylation sites is 1. The predicted octanol–water partition coefficient (Wildman–Crippen LogP) is 3.06. The summed E-state index contributed by atoms with van der Waals surface area (Å²) in [7, 11) is -2.27. The molecule has 0 bridgehead atoms. The highest BCUT2D eigenvalue weighted by molar-refractivity contribution is 7.92. The van der Waals surface area contributed by atoms with Crippen molar-refractivity contribution in [2.45, 2.75) is 32.9 Å². The molecule has 10 heteroatoms. The van der Waals surface area contributed by atoms with E-state index in [9.17, 15) is 18.0 Å². The van der Waals surface area contributed by atoms with Crippen molar-refractivity contribution in [3.8, 4) is 5.75 Å². The van der Waals surface area contributed by atoms with E-state index in [0.29, 0.717) is 12.3 Å². The molecular formula is C23H30ClN3O5S. The summed E-state index contributed by atoms with van der Waals surface area (Å²) in [6.45, 7) is 3.64. The van der Waals surface area contributed by atoms with Gasteiger partial charge in [-0.3, -0.25) is 13.9 Å². The second kappa shape index (κ2) is 11.9. The molecule has 0 saturated heterocycles. The van der Waals surface area contributed by atoms with E-state index in [2.05, 4.69) is 5.32 Å². The van der Waals surface area contributed by atoms with Gasteiger partial charge in [0.15, 0.2) is 0 Å². The lowest BCUT2D eigenvalue weighted by Gasteiger charge is -2.31. The van der Waals surface area contributed by atoms with Crippen molar-refractivity contribution in [2.24, 2.45) is 0 Å². The van der Waals surface area contributed by atoms with E-state index >= 15 is 0 Å². The smallest absolute Gasteiger partial charge is 0.244 e. The number of methoxy groups -OCH3 is 1. The van der Waals surface area contributed by atoms with Gasteiger partial charge in [0.25, 0.3) is 0 Å². The Morgan fingerprint density at radius 1 is 1.12 bits per heavy atom. The first-order valence-corrected chi connectivity index (χ1v) is 12.7. The number of nitrogens with one attached hydrogen (secondary N) is 1. The fourth-order valence-electron chi connectivity index (χ4n) is 3.15. The average Bonchev–Trinajstić information content (AvgIpc) is 2.79. The molecule has 2 aromatic carbocycles. The molecule has 0 saturated carbocycles. The van der Waals surface area contributed by atoms with Crippen LogP contribution in [0.2, 0.25) is 5.02 Å². The van der Waals surface area contributed by atoms with Crippen molar-refractivity contribution in [1.29, 1.82) is 0 Å². The van der Waals surface area contributed by atoms with Gasteiger partial charge >= 0.3 is 0 Å². The zero-order valence-corrected chi connectivity index (χ0v) is 20.8. The number of benzene rings is 2. The molecule has 0 radical (unpaired) electrons. The SMILES string of the molecule is CCCNC(=O)C(C)N(Cc1ccc(OC)cc1)C(=O)CN(c1ccccc1Cl)S(C)(=O)=O. The Morgan fingerprint density at radius 2 is 1.76 bits per heavy atom. The molecule has 0 aliphatic heterocycles. The lowest BCUT2D eigenvalue weighted by atomic mass is 10.1. The Morgan fingerprint density at radius 3 is 2.30 bits per heavy atom. The fourth-order valence-corrected chi connectivity index (χ4v) is 4.30. The Hall–Kier alpha value is -2.78. The van der Waals surface area contributed by atoms with E-state index in [0.717, 1.165) is 22.5 Å². The number of nitrogens with zero attached hydrogens (tertiary/aromatic N) is 2. The molecule has 0 aliphatic carbocycles. The molecule has 2 aromatic rings. The van der Waals surface area contributed by atoms with Crippen LogP contribution in [-0.2, 0) is 26.2 Å². The van der Waals surface area contributed by atoms with Crippen LogP contribution >= 0.6 is 11.6 Å². The van der Waals surface area contributed by atoms with Gasteiger partial charge in [0, 0.05) is 13.1 Å². The Bertz CT molecular complexity index is 1060. The van der Waals surface area contributed by atoms with Gasteiger partial charge in [-0.1, -0.05) is 42.8 Å². The van der Waals surface area contributed by atoms with Crippen LogP contribution < -0.4 is 14.4 Å². The lowest BCUT2D eigenvalue weighted by Crippen LogP contribution is -2.51. The number of halogens is 1. The second-order valence-electron chi connectivity index (χ2n) is 7.56. The Labute approximate surface area is 200 Å². The molecular weight excluding hydrogens is 466 g/mol. The number of amides is 2. The number of hydrogen-bond acceptors (Lipinski definition) is 5. The van der Waals surface area contributed by atoms with E-state index in [4.69, 9.17) is 16.3 Å². The van der Waals surface area contributed by atoms with Crippen LogP contribution in [-0.4, -0.2) is 57.6 Å². The Kier molecular flexibility index (Phi) is 9.55. The maximum absolute atomic E-state index is 13.4. The van der Waals surface area contributed by atoms with E-state index in [1.165, 1.54) is 11.0 Å². The minimum atomic E-state index is -3.83. The third kappa shape index (κ3) is 7.36. The first-order chi connectivity index (χ1) is 15.6. The molecule has 8 nitrogen and oxygen atoms in total. The number of ether oxygens (including phenoxy) is 1. The van der Waals surface area contributed by atoms with E-state index in [1.807, 2.05) is 6.92 Å². The summed E-state index contributed by atoms with van der Waals surface area (Å²) in [5.41, 5.74) is 0.963. The summed E-state index contributed by atoms with van der Waals surface area (Å²) in [6.07, 6.45) is 1.76. The standard InChI is InChI=1S/C23H30ClN3O5S/c1-5-14-25-23(29)17(2)26(15-18-10-12-19(32-3)13-11-18)22(28)16-27(33(4,30)31)21-9-7-6-8-20(21)24/h6-13,17H,5,14-16H2,1-4H3,(H,25,29). The van der Waals surface area contributed by atoms with Crippen LogP contribution in [0, 0.1) is 0 Å². The van der Waals surface area contributed by atoms with E-state index in [1.54, 1.807) is 56.5 Å². The van der Waals surface area contributed by atoms with Gasteiger partial charge in [0.05, 0.1) is 24.1 Å². The monoisotopic (exact) mass is 495 g/mol. The minimum absolute atomic E-state index is 0.115. The highest BCUT2D eigenvalue weighted by Gasteiger charge is 2.30. The maximum atomic E-state index is 13.4. The Balaban J connectivity index is 2.37. The largest absolute Gasteiger partial charge is 0.497 e. The first kappa shape index (κ1) is 26.5. The second-order valence-corrected chi connectivity index (χ2v) is 9.87. The van der Waals surface area contributed by atoms with Crippen molar-refractivity contribution in [3.05, 3.63) is 59.1 Å². The third-order valence-corrected chi connectivity index (χ3v) is 6.47. The highest BCUT2D eigenvalue weighted by Crippen LogP contribution is 2.27. The van der Waals surface area contributed by atoms with Gasteiger partial charge < -0.3 is 15.0 Å². The topological polar surface area (TPSA) is 96.0 Å². The van der Waals surface area contributed by atoms with Gasteiger partial charge in [0.2, 0.25) is 21.8 Å². The summed E-state index contributed by atoms with van der Waals surface area (Å²) in [6, 6.07) is 12.7. The van der Waals surface area contributed by atoms with Crippen molar-refractivity contribution in [1.82, 2.24) is 10.2 Å². The van der Waals surface area contributed by atoms with Crippen LogP contribution in [0.5, 0.6) is 5.75 Å². The lowest BCUT2D eigenvalue weighted by molar-refractivity contribution is -0.139. The van der Waals surface area contributed by atoms with Crippen LogP contribution in [0.4, 0.5) is 5.69 Å². The summed E-state index contributed by atoms with van der Waals surface area (Å²) in [5.74, 6) is -0.190. The molecule has 1 atom stereocenters. The normalized spacial score (nSPS) is 12.0. The number of carbonyl (C=O) groups is 2. The van der Waals surface area contributed by atoms with Crippen molar-refractivity contribution < 1.29 is 22.7 Å². The zero-order valence-electron chi connectivity index (χ0n) is 19.2. The maximum Gasteiger partial charge on any atom is 0.244 e. The number of carbonyl (C=O) groups excluding carboxylic acids is 2. The molecule has 0 spiro atoms. The molecule has 33 heavy (non-hydrogen) atoms. The van der Waals surface area contributed by atoms with E-state index in [-0.39, 0.29) is 23.2 Å². The number of rotatable bonds is 11. The molecule has 0 aliphatic rings. The summed E-state index contributed by atoms with van der Waals surface area (Å²) in [4.78, 5) is 27.4. The minimum Gasteiger partial charge on any atom is -0.497 e. The molecule has 2 amide bonds. The number of anilines is 1. The molecule has 1 N–H and O–H groups in total. The fraction of sp³-hybridized carbons (Fsp3) is 0.391. The summed E-state index contributed by atoms with van der Waals surface area (Å²) < 4.78 is 31.2. The van der Waals surface area contributed by atoms with Crippen LogP contribution in [0.25, 0.3) is 0 Å². The molecule has 0 aromatic heterocycles. The van der Waals surface area contributed by atoms with Crippen molar-refractivity contribution >= 4 is 39.1 Å². The predicted molar refractivity (Wildman–Crippen MR) is 130 cm³/mol. The average molecular weight is 496 g/mol. The molecule has 180 valence electrons. The van der Waals surface area contributed by atoms with Gasteiger partial charge in [0.1, 0.15) is 18.3 Å². The van der Waals surface area contributed by atoms with Crippen LogP contribution in [0.3, 0.4) is 0 Å². The zero-order chi connectivity index (χ0) is 24.6. The number of sulfonamides is 1. The van der Waals surface area contributed by atoms with Crippen LogP contribution in [0.15, 0.2) is 48.5 Å². The summed E-state index contributed by atoms with van der Waals surface area (Å²) in [5, 5.41) is 2.99. The van der Waals surface area contributed by atoms with E-state index < -0.39 is 28.5 Å². The van der Waals surface area contributed by atoms with Crippen molar-refractivity contribution in [2.75, 3.05) is 30.8 Å².